The van der Waals surface area contributed by atoms with Gasteiger partial charge >= 0.3 is 0 Å². The smallest absolute Gasteiger partial charge is 0.259 e. The minimum atomic E-state index is -0.106. The summed E-state index contributed by atoms with van der Waals surface area (Å²) in [4.78, 5) is 34.4. The Kier molecular flexibility index (Phi) is 4.40. The molecule has 0 bridgehead atoms. The molecular formula is C19H17N5O2S2. The molecule has 0 atom stereocenters. The number of aromatic amines is 2. The lowest BCUT2D eigenvalue weighted by atomic mass is 10.2. The number of hydrogen-bond acceptors (Lipinski definition) is 6. The van der Waals surface area contributed by atoms with Gasteiger partial charge in [0, 0.05) is 10.3 Å². The lowest BCUT2D eigenvalue weighted by Gasteiger charge is -2.06. The fraction of sp³-hybridized carbons (Fsp3) is 0.263. The van der Waals surface area contributed by atoms with E-state index in [2.05, 4.69) is 25.5 Å². The number of benzene rings is 1. The molecule has 9 heteroatoms. The number of amides is 1. The number of thiophene rings is 1. The maximum absolute atomic E-state index is 12.5. The first-order valence-corrected chi connectivity index (χ1v) is 11.0. The Morgan fingerprint density at radius 2 is 2.25 bits per heavy atom. The molecule has 1 amide bonds. The van der Waals surface area contributed by atoms with E-state index in [0.717, 1.165) is 40.4 Å². The van der Waals surface area contributed by atoms with Gasteiger partial charge in [0.1, 0.15) is 10.7 Å². The van der Waals surface area contributed by atoms with E-state index in [9.17, 15) is 9.59 Å². The molecule has 0 radical (unpaired) electrons. The van der Waals surface area contributed by atoms with Gasteiger partial charge in [0.25, 0.3) is 5.56 Å². The minimum Gasteiger partial charge on any atom is -0.323 e. The molecule has 28 heavy (non-hydrogen) atoms. The fourth-order valence-electron chi connectivity index (χ4n) is 3.61. The Hall–Kier alpha value is -2.65. The van der Waals surface area contributed by atoms with Crippen molar-refractivity contribution < 1.29 is 4.79 Å². The highest BCUT2D eigenvalue weighted by atomic mass is 32.2. The first kappa shape index (κ1) is 17.4. The summed E-state index contributed by atoms with van der Waals surface area (Å²) in [5, 5.41) is 11.5. The summed E-state index contributed by atoms with van der Waals surface area (Å²) in [7, 11) is 0. The van der Waals surface area contributed by atoms with Crippen LogP contribution in [0, 0.1) is 0 Å². The van der Waals surface area contributed by atoms with Crippen molar-refractivity contribution in [3.63, 3.8) is 0 Å². The van der Waals surface area contributed by atoms with Crippen molar-refractivity contribution in [3.05, 3.63) is 51.0 Å². The van der Waals surface area contributed by atoms with Crippen LogP contribution in [-0.2, 0) is 23.4 Å². The number of anilines is 1. The highest BCUT2D eigenvalue weighted by Gasteiger charge is 2.21. The second-order valence-corrected chi connectivity index (χ2v) is 8.80. The largest absolute Gasteiger partial charge is 0.323 e. The Bertz CT molecular complexity index is 1260. The summed E-state index contributed by atoms with van der Waals surface area (Å²) >= 11 is 3.05. The Balaban J connectivity index is 1.25. The van der Waals surface area contributed by atoms with Gasteiger partial charge in [-0.05, 0) is 30.9 Å². The molecule has 0 aliphatic heterocycles. The number of fused-ring (bicyclic) bond motifs is 4. The third-order valence-corrected chi connectivity index (χ3v) is 6.98. The second kappa shape index (κ2) is 7.06. The van der Waals surface area contributed by atoms with Gasteiger partial charge in [0.2, 0.25) is 5.91 Å². The number of thioether (sulfide) groups is 1. The molecule has 1 aliphatic rings. The molecule has 142 valence electrons. The topological polar surface area (TPSA) is 104 Å². The average molecular weight is 412 g/mol. The van der Waals surface area contributed by atoms with Crippen LogP contribution >= 0.6 is 23.1 Å². The van der Waals surface area contributed by atoms with E-state index in [4.69, 9.17) is 0 Å². The molecule has 7 nitrogen and oxygen atoms in total. The van der Waals surface area contributed by atoms with Crippen LogP contribution in [0.1, 0.15) is 22.7 Å². The van der Waals surface area contributed by atoms with Crippen molar-refractivity contribution in [2.45, 2.75) is 25.0 Å². The molecule has 4 aromatic rings. The zero-order valence-electron chi connectivity index (χ0n) is 14.9. The highest BCUT2D eigenvalue weighted by molar-refractivity contribution is 7.99. The van der Waals surface area contributed by atoms with E-state index < -0.39 is 0 Å². The Morgan fingerprint density at radius 1 is 1.32 bits per heavy atom. The SMILES string of the molecule is O=C(CSCc1nc2sc3c(c2c(=O)[nH]1)CCC3)Nc1cccc2cn[nH]c12. The predicted molar refractivity (Wildman–Crippen MR) is 113 cm³/mol. The molecule has 1 aliphatic carbocycles. The van der Waals surface area contributed by atoms with Crippen LogP contribution in [-0.4, -0.2) is 31.8 Å². The number of aromatic nitrogens is 4. The number of H-pyrrole nitrogens is 2. The molecule has 0 fully saturated rings. The second-order valence-electron chi connectivity index (χ2n) is 6.73. The molecule has 3 aromatic heterocycles. The van der Waals surface area contributed by atoms with Gasteiger partial charge in [0.05, 0.1) is 34.3 Å². The van der Waals surface area contributed by atoms with E-state index in [1.165, 1.54) is 22.2 Å². The lowest BCUT2D eigenvalue weighted by Crippen LogP contribution is -2.15. The first-order valence-electron chi connectivity index (χ1n) is 9.02. The number of carbonyl (C=O) groups excluding carboxylic acids is 1. The quantitative estimate of drug-likeness (QED) is 0.468. The number of para-hydroxylation sites is 1. The third-order valence-electron chi connectivity index (χ3n) is 4.85. The lowest BCUT2D eigenvalue weighted by molar-refractivity contribution is -0.113. The summed E-state index contributed by atoms with van der Waals surface area (Å²) in [6.45, 7) is 0. The number of aryl methyl sites for hydroxylation is 2. The van der Waals surface area contributed by atoms with Gasteiger partial charge in [-0.2, -0.15) is 5.10 Å². The molecule has 0 unspecified atom stereocenters. The zero-order chi connectivity index (χ0) is 19.1. The van der Waals surface area contributed by atoms with Crippen LogP contribution in [0.25, 0.3) is 21.1 Å². The van der Waals surface area contributed by atoms with Crippen molar-refractivity contribution in [1.29, 1.82) is 0 Å². The van der Waals surface area contributed by atoms with Gasteiger partial charge in [-0.25, -0.2) is 4.98 Å². The molecule has 1 aromatic carbocycles. The molecule has 3 N–H and O–H groups in total. The molecule has 5 rings (SSSR count). The van der Waals surface area contributed by atoms with E-state index in [1.807, 2.05) is 18.2 Å². The third kappa shape index (κ3) is 3.10. The predicted octanol–water partition coefficient (Wildman–Crippen LogP) is 3.22. The van der Waals surface area contributed by atoms with Crippen LogP contribution in [0.5, 0.6) is 0 Å². The summed E-state index contributed by atoms with van der Waals surface area (Å²) in [6.07, 6.45) is 4.86. The highest BCUT2D eigenvalue weighted by Crippen LogP contribution is 2.34. The van der Waals surface area contributed by atoms with E-state index >= 15 is 0 Å². The number of carbonyl (C=O) groups is 1. The van der Waals surface area contributed by atoms with E-state index in [0.29, 0.717) is 17.3 Å². The van der Waals surface area contributed by atoms with Crippen molar-refractivity contribution in [1.82, 2.24) is 20.2 Å². The minimum absolute atomic E-state index is 0.0598. The fourth-order valence-corrected chi connectivity index (χ4v) is 5.59. The Labute approximate surface area is 168 Å². The van der Waals surface area contributed by atoms with Gasteiger partial charge in [-0.3, -0.25) is 14.7 Å². The van der Waals surface area contributed by atoms with Crippen molar-refractivity contribution in [2.75, 3.05) is 11.1 Å². The average Bonchev–Trinajstić information content (AvgIpc) is 3.37. The summed E-state index contributed by atoms with van der Waals surface area (Å²) in [5.41, 5.74) is 2.64. The number of nitrogens with one attached hydrogen (secondary N) is 3. The van der Waals surface area contributed by atoms with Crippen molar-refractivity contribution in [3.8, 4) is 0 Å². The summed E-state index contributed by atoms with van der Waals surface area (Å²) in [6, 6.07) is 5.65. The van der Waals surface area contributed by atoms with E-state index in [1.54, 1.807) is 17.5 Å². The molecule has 0 saturated heterocycles. The number of hydrogen-bond donors (Lipinski definition) is 3. The van der Waals surface area contributed by atoms with Gasteiger partial charge in [-0.15, -0.1) is 23.1 Å². The monoisotopic (exact) mass is 411 g/mol. The van der Waals surface area contributed by atoms with Crippen LogP contribution in [0.4, 0.5) is 5.69 Å². The first-order chi connectivity index (χ1) is 13.7. The van der Waals surface area contributed by atoms with Crippen LogP contribution in [0.3, 0.4) is 0 Å². The zero-order valence-corrected chi connectivity index (χ0v) is 16.5. The number of rotatable bonds is 5. The van der Waals surface area contributed by atoms with Gasteiger partial charge in [-0.1, -0.05) is 12.1 Å². The maximum atomic E-state index is 12.5. The summed E-state index contributed by atoms with van der Waals surface area (Å²) < 4.78 is 0. The summed E-state index contributed by atoms with van der Waals surface area (Å²) in [5.74, 6) is 1.26. The molecule has 3 heterocycles. The van der Waals surface area contributed by atoms with Crippen LogP contribution in [0.2, 0.25) is 0 Å². The van der Waals surface area contributed by atoms with E-state index in [-0.39, 0.29) is 17.2 Å². The van der Waals surface area contributed by atoms with Crippen LogP contribution < -0.4 is 10.9 Å². The van der Waals surface area contributed by atoms with Crippen LogP contribution in [0.15, 0.2) is 29.2 Å². The van der Waals surface area contributed by atoms with Crippen molar-refractivity contribution >= 4 is 55.8 Å². The van der Waals surface area contributed by atoms with Gasteiger partial charge in [0.15, 0.2) is 0 Å². The standard InChI is InChI=1S/C19H17N5O2S2/c25-15(21-12-5-1-3-10-7-20-24-17(10)12)9-27-8-14-22-18(26)16-11-4-2-6-13(11)28-19(16)23-14/h1,3,5,7H,2,4,6,8-9H2,(H,20,24)(H,21,25)(H,22,23,26). The normalized spacial score (nSPS) is 13.3. The van der Waals surface area contributed by atoms with Gasteiger partial charge < -0.3 is 10.3 Å². The molecule has 0 saturated carbocycles. The van der Waals surface area contributed by atoms with Crippen molar-refractivity contribution in [2.24, 2.45) is 0 Å². The number of nitrogens with zero attached hydrogens (tertiary/aromatic N) is 2. The molecular weight excluding hydrogens is 394 g/mol. The molecule has 0 spiro atoms. The Morgan fingerprint density at radius 3 is 3.18 bits per heavy atom. The maximum Gasteiger partial charge on any atom is 0.259 e.